The Kier molecular flexibility index (Phi) is 3.25. The molecule has 0 aromatic heterocycles. The topological polar surface area (TPSA) is 43.1 Å². The van der Waals surface area contributed by atoms with Crippen molar-refractivity contribution in [1.29, 1.82) is 0 Å². The van der Waals surface area contributed by atoms with Crippen molar-refractivity contribution in [3.63, 3.8) is 0 Å². The van der Waals surface area contributed by atoms with Crippen LogP contribution in [0.2, 0.25) is 5.02 Å². The number of hydrogen-bond acceptors (Lipinski definition) is 2. The van der Waals surface area contributed by atoms with Gasteiger partial charge in [-0.2, -0.15) is 0 Å². The van der Waals surface area contributed by atoms with Crippen LogP contribution in [0.4, 0.5) is 5.69 Å². The maximum atomic E-state index is 10.7. The maximum Gasteiger partial charge on any atom is 0.291 e. The Morgan fingerprint density at radius 2 is 2.21 bits per heavy atom. The molecule has 3 nitrogen and oxygen atoms in total. The number of nitro benzene ring substituents is 1. The van der Waals surface area contributed by atoms with Crippen molar-refractivity contribution in [3.8, 4) is 0 Å². The monoisotopic (exact) mass is 210 g/mol. The third-order valence-corrected chi connectivity index (χ3v) is 2.19. The molecule has 0 saturated heterocycles. The maximum absolute atomic E-state index is 10.7. The molecule has 0 fully saturated rings. The first-order valence-corrected chi connectivity index (χ1v) is 4.34. The van der Waals surface area contributed by atoms with Crippen molar-refractivity contribution in [1.82, 2.24) is 0 Å². The Balaban J connectivity index is 3.35. The number of rotatable bonds is 3. The van der Waals surface area contributed by atoms with Crippen LogP contribution in [0, 0.1) is 17.0 Å². The van der Waals surface area contributed by atoms with E-state index in [2.05, 4.69) is 13.5 Å². The van der Waals surface area contributed by atoms with Crippen molar-refractivity contribution in [2.24, 2.45) is 0 Å². The summed E-state index contributed by atoms with van der Waals surface area (Å²) in [7, 11) is 0. The minimum Gasteiger partial charge on any atom is -0.258 e. The number of nitrogens with zero attached hydrogens (tertiary/aromatic N) is 1. The van der Waals surface area contributed by atoms with Gasteiger partial charge in [-0.25, -0.2) is 0 Å². The molecule has 0 aliphatic carbocycles. The van der Waals surface area contributed by atoms with Gasteiger partial charge in [-0.1, -0.05) is 29.8 Å². The number of benzene rings is 1. The average molecular weight is 211 g/mol. The Labute approximate surface area is 87.2 Å². The van der Waals surface area contributed by atoms with Gasteiger partial charge in [0.15, 0.2) is 0 Å². The quantitative estimate of drug-likeness (QED) is 0.436. The molecule has 4 heteroatoms. The molecule has 0 N–H and O–H groups in total. The SMILES string of the molecule is [CH2]C(C=C)c1cccc(Cl)c1[N+](=O)[O-]. The van der Waals surface area contributed by atoms with Gasteiger partial charge in [0.2, 0.25) is 0 Å². The third kappa shape index (κ3) is 1.93. The molecule has 0 heterocycles. The van der Waals surface area contributed by atoms with Crippen molar-refractivity contribution in [2.45, 2.75) is 5.92 Å². The lowest BCUT2D eigenvalue weighted by molar-refractivity contribution is -0.385. The van der Waals surface area contributed by atoms with E-state index in [-0.39, 0.29) is 16.6 Å². The van der Waals surface area contributed by atoms with Gasteiger partial charge in [-0.3, -0.25) is 10.1 Å². The summed E-state index contributed by atoms with van der Waals surface area (Å²) in [5.74, 6) is -0.325. The van der Waals surface area contributed by atoms with Crippen LogP contribution >= 0.6 is 11.6 Å². The molecule has 1 aromatic rings. The zero-order valence-electron chi connectivity index (χ0n) is 7.44. The van der Waals surface area contributed by atoms with E-state index in [4.69, 9.17) is 11.6 Å². The first kappa shape index (κ1) is 10.7. The van der Waals surface area contributed by atoms with Crippen LogP contribution in [-0.4, -0.2) is 4.92 Å². The fourth-order valence-electron chi connectivity index (χ4n) is 1.15. The summed E-state index contributed by atoms with van der Waals surface area (Å²) < 4.78 is 0. The fraction of sp³-hybridized carbons (Fsp3) is 0.100. The summed E-state index contributed by atoms with van der Waals surface area (Å²) in [4.78, 5) is 10.2. The molecule has 1 atom stereocenters. The van der Waals surface area contributed by atoms with E-state index in [1.54, 1.807) is 18.2 Å². The first-order valence-electron chi connectivity index (χ1n) is 3.96. The summed E-state index contributed by atoms with van der Waals surface area (Å²) in [6.45, 7) is 7.27. The Hall–Kier alpha value is -1.35. The summed E-state index contributed by atoms with van der Waals surface area (Å²) in [5, 5.41) is 10.8. The molecular formula is C10H9ClNO2. The van der Waals surface area contributed by atoms with Gasteiger partial charge >= 0.3 is 0 Å². The molecule has 0 saturated carbocycles. The van der Waals surface area contributed by atoms with Gasteiger partial charge < -0.3 is 0 Å². The second kappa shape index (κ2) is 4.24. The molecular weight excluding hydrogens is 202 g/mol. The number of para-hydroxylation sites is 1. The minimum atomic E-state index is -0.501. The summed E-state index contributed by atoms with van der Waals surface area (Å²) in [6.07, 6.45) is 1.54. The highest BCUT2D eigenvalue weighted by molar-refractivity contribution is 6.32. The first-order chi connectivity index (χ1) is 6.57. The minimum absolute atomic E-state index is 0.0888. The molecule has 0 aliphatic heterocycles. The number of nitro groups is 1. The molecule has 0 bridgehead atoms. The number of halogens is 1. The molecule has 73 valence electrons. The van der Waals surface area contributed by atoms with E-state index < -0.39 is 4.92 Å². The van der Waals surface area contributed by atoms with Gasteiger partial charge in [0, 0.05) is 11.5 Å². The van der Waals surface area contributed by atoms with Crippen LogP contribution < -0.4 is 0 Å². The molecule has 0 spiro atoms. The fourth-order valence-corrected chi connectivity index (χ4v) is 1.40. The average Bonchev–Trinajstić information content (AvgIpc) is 2.15. The predicted octanol–water partition coefficient (Wildman–Crippen LogP) is 3.35. The lowest BCUT2D eigenvalue weighted by Crippen LogP contribution is -1.98. The van der Waals surface area contributed by atoms with E-state index in [9.17, 15) is 10.1 Å². The van der Waals surface area contributed by atoms with E-state index in [1.807, 2.05) is 0 Å². The van der Waals surface area contributed by atoms with Crippen molar-refractivity contribution >= 4 is 17.3 Å². The normalized spacial score (nSPS) is 12.1. The predicted molar refractivity (Wildman–Crippen MR) is 56.4 cm³/mol. The van der Waals surface area contributed by atoms with Crippen LogP contribution in [0.1, 0.15) is 11.5 Å². The second-order valence-electron chi connectivity index (χ2n) is 2.78. The summed E-state index contributed by atoms with van der Waals surface area (Å²) >= 11 is 5.72. The van der Waals surface area contributed by atoms with Crippen LogP contribution in [0.15, 0.2) is 30.9 Å². The van der Waals surface area contributed by atoms with Gasteiger partial charge in [0.1, 0.15) is 5.02 Å². The van der Waals surface area contributed by atoms with E-state index in [0.29, 0.717) is 5.56 Å². The largest absolute Gasteiger partial charge is 0.291 e. The molecule has 1 radical (unpaired) electrons. The van der Waals surface area contributed by atoms with Crippen LogP contribution in [0.25, 0.3) is 0 Å². The van der Waals surface area contributed by atoms with Crippen molar-refractivity contribution in [3.05, 3.63) is 58.5 Å². The van der Waals surface area contributed by atoms with Crippen LogP contribution in [-0.2, 0) is 0 Å². The third-order valence-electron chi connectivity index (χ3n) is 1.88. The summed E-state index contributed by atoms with van der Waals surface area (Å²) in [5.41, 5.74) is 0.395. The van der Waals surface area contributed by atoms with E-state index >= 15 is 0 Å². The van der Waals surface area contributed by atoms with E-state index in [0.717, 1.165) is 0 Å². The Bertz CT molecular complexity index is 376. The molecule has 14 heavy (non-hydrogen) atoms. The Morgan fingerprint density at radius 1 is 1.57 bits per heavy atom. The highest BCUT2D eigenvalue weighted by Gasteiger charge is 2.20. The van der Waals surface area contributed by atoms with Gasteiger partial charge in [0.05, 0.1) is 4.92 Å². The molecule has 0 amide bonds. The van der Waals surface area contributed by atoms with Crippen LogP contribution in [0.3, 0.4) is 0 Å². The molecule has 1 unspecified atom stereocenters. The van der Waals surface area contributed by atoms with Crippen molar-refractivity contribution in [2.75, 3.05) is 0 Å². The molecule has 0 aliphatic rings. The highest BCUT2D eigenvalue weighted by atomic mass is 35.5. The zero-order chi connectivity index (χ0) is 10.7. The second-order valence-corrected chi connectivity index (χ2v) is 3.18. The molecule has 1 aromatic carbocycles. The lowest BCUT2D eigenvalue weighted by Gasteiger charge is -2.07. The Morgan fingerprint density at radius 3 is 2.71 bits per heavy atom. The van der Waals surface area contributed by atoms with Gasteiger partial charge in [0.25, 0.3) is 5.69 Å². The zero-order valence-corrected chi connectivity index (χ0v) is 8.20. The summed E-state index contributed by atoms with van der Waals surface area (Å²) in [6, 6.07) is 4.77. The highest BCUT2D eigenvalue weighted by Crippen LogP contribution is 2.33. The number of hydrogen-bond donors (Lipinski definition) is 0. The smallest absolute Gasteiger partial charge is 0.258 e. The molecule has 1 rings (SSSR count). The standard InChI is InChI=1S/C10H9ClNO2/c1-3-7(2)8-5-4-6-9(11)10(8)12(13)14/h3-7H,1-2H2. The van der Waals surface area contributed by atoms with Gasteiger partial charge in [-0.05, 0) is 13.0 Å². The lowest BCUT2D eigenvalue weighted by atomic mass is 10.00. The van der Waals surface area contributed by atoms with E-state index in [1.165, 1.54) is 6.07 Å². The number of allylic oxidation sites excluding steroid dienone is 1. The van der Waals surface area contributed by atoms with Gasteiger partial charge in [-0.15, -0.1) is 6.58 Å². The van der Waals surface area contributed by atoms with Crippen LogP contribution in [0.5, 0.6) is 0 Å². The van der Waals surface area contributed by atoms with Crippen molar-refractivity contribution < 1.29 is 4.92 Å².